The molecular formula is C18H27NO2. The lowest BCUT2D eigenvalue weighted by Crippen LogP contribution is -2.30. The Hall–Kier alpha value is -1.64. The summed E-state index contributed by atoms with van der Waals surface area (Å²) < 4.78 is 0. The van der Waals surface area contributed by atoms with Crippen LogP contribution in [0.15, 0.2) is 30.3 Å². The van der Waals surface area contributed by atoms with Gasteiger partial charge in [-0.05, 0) is 12.0 Å². The van der Waals surface area contributed by atoms with Crippen LogP contribution >= 0.6 is 0 Å². The summed E-state index contributed by atoms with van der Waals surface area (Å²) in [5.41, 5.74) is 1.01. The standard InChI is InChI=1S/C18H27NO2/c1-2-3-4-5-6-7-11-14-17(20)18(21)19-15-16-12-9-8-10-13-16/h8-10,12-13H,2-7,11,14-15H2,1H3,(H,19,21). The number of hydrogen-bond donors (Lipinski definition) is 1. The van der Waals surface area contributed by atoms with Gasteiger partial charge in [-0.1, -0.05) is 75.8 Å². The molecule has 1 aromatic rings. The van der Waals surface area contributed by atoms with Crippen molar-refractivity contribution < 1.29 is 9.59 Å². The van der Waals surface area contributed by atoms with E-state index >= 15 is 0 Å². The third-order valence-corrected chi connectivity index (χ3v) is 3.56. The second kappa shape index (κ2) is 11.1. The molecule has 0 bridgehead atoms. The lowest BCUT2D eigenvalue weighted by molar-refractivity contribution is -0.138. The number of carbonyl (C=O) groups excluding carboxylic acids is 2. The van der Waals surface area contributed by atoms with E-state index in [-0.39, 0.29) is 5.78 Å². The second-order valence-corrected chi connectivity index (χ2v) is 5.46. The Morgan fingerprint density at radius 2 is 1.52 bits per heavy atom. The van der Waals surface area contributed by atoms with Crippen LogP contribution in [-0.2, 0) is 16.1 Å². The molecular weight excluding hydrogens is 262 g/mol. The Kier molecular flexibility index (Phi) is 9.18. The SMILES string of the molecule is CCCCCCCCCC(=O)C(=O)NCc1ccccc1. The molecule has 116 valence electrons. The van der Waals surface area contributed by atoms with E-state index < -0.39 is 5.91 Å². The monoisotopic (exact) mass is 289 g/mol. The molecule has 0 aromatic heterocycles. The van der Waals surface area contributed by atoms with E-state index in [0.717, 1.165) is 18.4 Å². The van der Waals surface area contributed by atoms with E-state index in [4.69, 9.17) is 0 Å². The molecule has 0 heterocycles. The summed E-state index contributed by atoms with van der Waals surface area (Å²) in [5.74, 6) is -0.746. The molecule has 0 aliphatic heterocycles. The van der Waals surface area contributed by atoms with Crippen molar-refractivity contribution in [3.63, 3.8) is 0 Å². The van der Waals surface area contributed by atoms with Crippen molar-refractivity contribution in [2.45, 2.75) is 64.8 Å². The summed E-state index contributed by atoms with van der Waals surface area (Å²) in [5, 5.41) is 2.68. The Morgan fingerprint density at radius 1 is 0.905 bits per heavy atom. The van der Waals surface area contributed by atoms with Crippen LogP contribution in [0.25, 0.3) is 0 Å². The van der Waals surface area contributed by atoms with Gasteiger partial charge >= 0.3 is 0 Å². The molecule has 1 amide bonds. The van der Waals surface area contributed by atoms with Crippen molar-refractivity contribution in [3.05, 3.63) is 35.9 Å². The maximum Gasteiger partial charge on any atom is 0.287 e. The highest BCUT2D eigenvalue weighted by molar-refractivity contribution is 6.36. The van der Waals surface area contributed by atoms with Gasteiger partial charge in [0.1, 0.15) is 0 Å². The number of nitrogens with one attached hydrogen (secondary N) is 1. The third kappa shape index (κ3) is 8.28. The van der Waals surface area contributed by atoms with Crippen LogP contribution in [0.1, 0.15) is 63.9 Å². The van der Waals surface area contributed by atoms with Crippen molar-refractivity contribution in [3.8, 4) is 0 Å². The molecule has 0 saturated heterocycles. The first-order valence-electron chi connectivity index (χ1n) is 8.09. The Labute approximate surface area is 128 Å². The number of carbonyl (C=O) groups is 2. The van der Waals surface area contributed by atoms with E-state index in [1.54, 1.807) is 0 Å². The van der Waals surface area contributed by atoms with E-state index in [1.807, 2.05) is 30.3 Å². The van der Waals surface area contributed by atoms with E-state index in [0.29, 0.717) is 13.0 Å². The second-order valence-electron chi connectivity index (χ2n) is 5.46. The predicted molar refractivity (Wildman–Crippen MR) is 85.9 cm³/mol. The molecule has 0 saturated carbocycles. The average Bonchev–Trinajstić information content (AvgIpc) is 2.52. The Balaban J connectivity index is 2.07. The average molecular weight is 289 g/mol. The van der Waals surface area contributed by atoms with E-state index in [2.05, 4.69) is 12.2 Å². The molecule has 1 N–H and O–H groups in total. The maximum atomic E-state index is 11.7. The van der Waals surface area contributed by atoms with Crippen molar-refractivity contribution in [2.24, 2.45) is 0 Å². The lowest BCUT2D eigenvalue weighted by Gasteiger charge is -2.04. The molecule has 1 rings (SSSR count). The summed E-state index contributed by atoms with van der Waals surface area (Å²) in [7, 11) is 0. The van der Waals surface area contributed by atoms with Crippen LogP contribution in [0.2, 0.25) is 0 Å². The van der Waals surface area contributed by atoms with Gasteiger partial charge < -0.3 is 5.32 Å². The van der Waals surface area contributed by atoms with Crippen LogP contribution in [0, 0.1) is 0 Å². The molecule has 1 aromatic carbocycles. The number of hydrogen-bond acceptors (Lipinski definition) is 2. The molecule has 0 radical (unpaired) electrons. The Bertz CT molecular complexity index is 414. The first-order chi connectivity index (χ1) is 10.2. The number of amides is 1. The van der Waals surface area contributed by atoms with E-state index in [9.17, 15) is 9.59 Å². The van der Waals surface area contributed by atoms with Gasteiger partial charge in [0, 0.05) is 13.0 Å². The molecule has 0 aliphatic rings. The highest BCUT2D eigenvalue weighted by Gasteiger charge is 2.12. The maximum absolute atomic E-state index is 11.7. The van der Waals surface area contributed by atoms with Crippen LogP contribution in [0.4, 0.5) is 0 Å². The highest BCUT2D eigenvalue weighted by atomic mass is 16.2. The zero-order chi connectivity index (χ0) is 15.3. The quantitative estimate of drug-likeness (QED) is 0.494. The zero-order valence-electron chi connectivity index (χ0n) is 13.1. The van der Waals surface area contributed by atoms with Crippen molar-refractivity contribution in [1.29, 1.82) is 0 Å². The molecule has 0 unspecified atom stereocenters. The largest absolute Gasteiger partial charge is 0.345 e. The number of unbranched alkanes of at least 4 members (excludes halogenated alkanes) is 6. The molecule has 3 nitrogen and oxygen atoms in total. The van der Waals surface area contributed by atoms with Crippen molar-refractivity contribution in [1.82, 2.24) is 5.32 Å². The number of Topliss-reactive ketones (excluding diaryl/α,β-unsaturated/α-hetero) is 1. The number of rotatable bonds is 11. The fraction of sp³-hybridized carbons (Fsp3) is 0.556. The third-order valence-electron chi connectivity index (χ3n) is 3.56. The van der Waals surface area contributed by atoms with Gasteiger partial charge in [0.25, 0.3) is 5.91 Å². The van der Waals surface area contributed by atoms with Gasteiger partial charge in [0.15, 0.2) is 0 Å². The summed E-state index contributed by atoms with van der Waals surface area (Å²) in [6.45, 7) is 2.62. The highest BCUT2D eigenvalue weighted by Crippen LogP contribution is 2.08. The van der Waals surface area contributed by atoms with Crippen LogP contribution in [0.5, 0.6) is 0 Å². The molecule has 0 atom stereocenters. The minimum atomic E-state index is -0.454. The topological polar surface area (TPSA) is 46.2 Å². The van der Waals surface area contributed by atoms with Gasteiger partial charge in [-0.2, -0.15) is 0 Å². The van der Waals surface area contributed by atoms with Crippen molar-refractivity contribution >= 4 is 11.7 Å². The van der Waals surface area contributed by atoms with Crippen LogP contribution in [-0.4, -0.2) is 11.7 Å². The van der Waals surface area contributed by atoms with Gasteiger partial charge in [0.2, 0.25) is 5.78 Å². The minimum absolute atomic E-state index is 0.292. The van der Waals surface area contributed by atoms with Crippen LogP contribution < -0.4 is 5.32 Å². The van der Waals surface area contributed by atoms with Gasteiger partial charge in [-0.25, -0.2) is 0 Å². The summed E-state index contributed by atoms with van der Waals surface area (Å²) in [6, 6.07) is 9.63. The van der Waals surface area contributed by atoms with Gasteiger partial charge in [-0.15, -0.1) is 0 Å². The van der Waals surface area contributed by atoms with Crippen LogP contribution in [0.3, 0.4) is 0 Å². The fourth-order valence-corrected chi connectivity index (χ4v) is 2.23. The predicted octanol–water partition coefficient (Wildman–Crippen LogP) is 4.01. The first-order valence-corrected chi connectivity index (χ1v) is 8.09. The fourth-order valence-electron chi connectivity index (χ4n) is 2.23. The molecule has 0 spiro atoms. The normalized spacial score (nSPS) is 10.3. The summed E-state index contributed by atoms with van der Waals surface area (Å²) >= 11 is 0. The molecule has 0 fully saturated rings. The van der Waals surface area contributed by atoms with Gasteiger partial charge in [0.05, 0.1) is 0 Å². The van der Waals surface area contributed by atoms with E-state index in [1.165, 1.54) is 32.1 Å². The Morgan fingerprint density at radius 3 is 2.19 bits per heavy atom. The molecule has 0 aliphatic carbocycles. The lowest BCUT2D eigenvalue weighted by atomic mass is 10.1. The summed E-state index contributed by atoms with van der Waals surface area (Å²) in [4.78, 5) is 23.3. The zero-order valence-corrected chi connectivity index (χ0v) is 13.1. The molecule has 21 heavy (non-hydrogen) atoms. The summed E-state index contributed by atoms with van der Waals surface area (Å²) in [6.07, 6.45) is 8.46. The smallest absolute Gasteiger partial charge is 0.287 e. The molecule has 3 heteroatoms. The first kappa shape index (κ1) is 17.4. The van der Waals surface area contributed by atoms with Crippen molar-refractivity contribution in [2.75, 3.05) is 0 Å². The number of benzene rings is 1. The number of ketones is 1. The minimum Gasteiger partial charge on any atom is -0.345 e. The van der Waals surface area contributed by atoms with Gasteiger partial charge in [-0.3, -0.25) is 9.59 Å².